The number of aromatic nitrogens is 2. The highest BCUT2D eigenvalue weighted by Crippen LogP contribution is 2.36. The van der Waals surface area contributed by atoms with Gasteiger partial charge in [0.2, 0.25) is 0 Å². The minimum atomic E-state index is -1.05. The van der Waals surface area contributed by atoms with E-state index in [1.807, 2.05) is 17.8 Å². The van der Waals surface area contributed by atoms with E-state index in [1.54, 1.807) is 6.20 Å². The lowest BCUT2D eigenvalue weighted by atomic mass is 9.97. The van der Waals surface area contributed by atoms with Gasteiger partial charge >= 0.3 is 0 Å². The van der Waals surface area contributed by atoms with E-state index in [0.717, 1.165) is 12.2 Å². The average molecular weight is 211 g/mol. The first-order valence-corrected chi connectivity index (χ1v) is 5.50. The van der Waals surface area contributed by atoms with Crippen LogP contribution in [0.3, 0.4) is 0 Å². The Morgan fingerprint density at radius 2 is 2.53 bits per heavy atom. The molecule has 2 N–H and O–H groups in total. The fourth-order valence-electron chi connectivity index (χ4n) is 2.32. The molecule has 84 valence electrons. The van der Waals surface area contributed by atoms with Crippen LogP contribution in [0.1, 0.15) is 31.5 Å². The molecule has 1 aromatic heterocycles. The van der Waals surface area contributed by atoms with Crippen molar-refractivity contribution in [2.75, 3.05) is 0 Å². The van der Waals surface area contributed by atoms with Crippen molar-refractivity contribution in [3.63, 3.8) is 0 Å². The second-order valence-electron chi connectivity index (χ2n) is 4.61. The number of alkyl halides is 1. The number of hydrogen-bond donors (Lipinski definition) is 1. The molecule has 2 atom stereocenters. The van der Waals surface area contributed by atoms with Gasteiger partial charge in [-0.05, 0) is 25.7 Å². The van der Waals surface area contributed by atoms with Crippen LogP contribution in [-0.2, 0) is 13.5 Å². The van der Waals surface area contributed by atoms with Gasteiger partial charge in [0.25, 0.3) is 0 Å². The van der Waals surface area contributed by atoms with Gasteiger partial charge in [-0.2, -0.15) is 0 Å². The quantitative estimate of drug-likeness (QED) is 0.824. The monoisotopic (exact) mass is 211 g/mol. The summed E-state index contributed by atoms with van der Waals surface area (Å²) in [5, 5.41) is 0. The molecule has 1 heterocycles. The Labute approximate surface area is 89.5 Å². The zero-order chi connectivity index (χ0) is 10.9. The molecule has 0 radical (unpaired) electrons. The third-order valence-electron chi connectivity index (χ3n) is 3.31. The molecule has 0 amide bonds. The maximum atomic E-state index is 14.2. The van der Waals surface area contributed by atoms with Gasteiger partial charge in [0.15, 0.2) is 0 Å². The first-order valence-electron chi connectivity index (χ1n) is 5.50. The molecule has 2 unspecified atom stereocenters. The standard InChI is InChI=1S/C11H18FN3/c1-15-7-6-14-10(15)3-5-11(12)4-2-9(13)8-11/h6-7,9H,2-5,8,13H2,1H3. The van der Waals surface area contributed by atoms with E-state index in [0.29, 0.717) is 25.7 Å². The molecule has 0 aliphatic heterocycles. The summed E-state index contributed by atoms with van der Waals surface area (Å²) >= 11 is 0. The van der Waals surface area contributed by atoms with Crippen molar-refractivity contribution in [3.05, 3.63) is 18.2 Å². The Bertz CT molecular complexity index is 336. The van der Waals surface area contributed by atoms with Gasteiger partial charge < -0.3 is 10.3 Å². The molecule has 1 aliphatic carbocycles. The molecule has 1 aromatic rings. The molecule has 0 spiro atoms. The molecular formula is C11H18FN3. The van der Waals surface area contributed by atoms with Gasteiger partial charge in [0.05, 0.1) is 0 Å². The largest absolute Gasteiger partial charge is 0.338 e. The molecule has 1 saturated carbocycles. The van der Waals surface area contributed by atoms with Crippen LogP contribution in [0.2, 0.25) is 0 Å². The van der Waals surface area contributed by atoms with Gasteiger partial charge in [-0.3, -0.25) is 0 Å². The third-order valence-corrected chi connectivity index (χ3v) is 3.31. The normalized spacial score (nSPS) is 31.0. The molecule has 4 heteroatoms. The van der Waals surface area contributed by atoms with Crippen LogP contribution in [0.25, 0.3) is 0 Å². The lowest BCUT2D eigenvalue weighted by Crippen LogP contribution is -2.24. The van der Waals surface area contributed by atoms with Crippen LogP contribution >= 0.6 is 0 Å². The number of halogens is 1. The van der Waals surface area contributed by atoms with Crippen molar-refractivity contribution >= 4 is 0 Å². The second-order valence-corrected chi connectivity index (χ2v) is 4.61. The van der Waals surface area contributed by atoms with Crippen molar-refractivity contribution in [1.82, 2.24) is 9.55 Å². The highest BCUT2D eigenvalue weighted by molar-refractivity contribution is 4.97. The predicted octanol–water partition coefficient (Wildman–Crippen LogP) is 1.57. The van der Waals surface area contributed by atoms with Crippen LogP contribution in [-0.4, -0.2) is 21.3 Å². The van der Waals surface area contributed by atoms with Crippen molar-refractivity contribution in [1.29, 1.82) is 0 Å². The van der Waals surface area contributed by atoms with Crippen molar-refractivity contribution in [2.24, 2.45) is 12.8 Å². The smallest absolute Gasteiger partial charge is 0.113 e. The molecule has 1 aliphatic rings. The predicted molar refractivity (Wildman–Crippen MR) is 57.2 cm³/mol. The summed E-state index contributed by atoms with van der Waals surface area (Å²) in [7, 11) is 1.94. The maximum Gasteiger partial charge on any atom is 0.113 e. The number of aryl methyl sites for hydroxylation is 2. The fraction of sp³-hybridized carbons (Fsp3) is 0.727. The zero-order valence-corrected chi connectivity index (χ0v) is 9.12. The Morgan fingerprint density at radius 3 is 3.07 bits per heavy atom. The highest BCUT2D eigenvalue weighted by atomic mass is 19.1. The summed E-state index contributed by atoms with van der Waals surface area (Å²) in [4.78, 5) is 4.19. The number of nitrogens with two attached hydrogens (primary N) is 1. The number of imidazole rings is 1. The van der Waals surface area contributed by atoms with Crippen LogP contribution < -0.4 is 5.73 Å². The summed E-state index contributed by atoms with van der Waals surface area (Å²) in [6.07, 6.45) is 6.83. The molecule has 15 heavy (non-hydrogen) atoms. The summed E-state index contributed by atoms with van der Waals surface area (Å²) in [5.74, 6) is 0.951. The van der Waals surface area contributed by atoms with E-state index in [1.165, 1.54) is 0 Å². The van der Waals surface area contributed by atoms with Crippen molar-refractivity contribution in [2.45, 2.75) is 43.8 Å². The second kappa shape index (κ2) is 3.93. The zero-order valence-electron chi connectivity index (χ0n) is 9.12. The SMILES string of the molecule is Cn1ccnc1CCC1(F)CCC(N)C1. The number of rotatable bonds is 3. The lowest BCUT2D eigenvalue weighted by Gasteiger charge is -2.18. The minimum absolute atomic E-state index is 0.0522. The van der Waals surface area contributed by atoms with Crippen LogP contribution in [0.5, 0.6) is 0 Å². The fourth-order valence-corrected chi connectivity index (χ4v) is 2.32. The molecule has 0 aromatic carbocycles. The summed E-state index contributed by atoms with van der Waals surface area (Å²) in [5.41, 5.74) is 4.68. The molecule has 3 nitrogen and oxygen atoms in total. The van der Waals surface area contributed by atoms with Gasteiger partial charge in [-0.25, -0.2) is 9.37 Å². The Kier molecular flexibility index (Phi) is 2.78. The van der Waals surface area contributed by atoms with E-state index in [9.17, 15) is 4.39 Å². The van der Waals surface area contributed by atoms with Gasteiger partial charge in [-0.1, -0.05) is 0 Å². The van der Waals surface area contributed by atoms with Gasteiger partial charge in [0, 0.05) is 31.9 Å². The highest BCUT2D eigenvalue weighted by Gasteiger charge is 2.37. The summed E-state index contributed by atoms with van der Waals surface area (Å²) < 4.78 is 16.1. The summed E-state index contributed by atoms with van der Waals surface area (Å²) in [6.45, 7) is 0. The van der Waals surface area contributed by atoms with Crippen LogP contribution in [0, 0.1) is 0 Å². The van der Waals surface area contributed by atoms with Crippen molar-refractivity contribution in [3.8, 4) is 0 Å². The van der Waals surface area contributed by atoms with E-state index in [2.05, 4.69) is 4.98 Å². The van der Waals surface area contributed by atoms with E-state index < -0.39 is 5.67 Å². The average Bonchev–Trinajstić information content (AvgIpc) is 2.71. The number of nitrogens with zero attached hydrogens (tertiary/aromatic N) is 2. The minimum Gasteiger partial charge on any atom is -0.338 e. The molecule has 0 saturated heterocycles. The third kappa shape index (κ3) is 2.37. The first kappa shape index (κ1) is 10.6. The lowest BCUT2D eigenvalue weighted by molar-refractivity contribution is 0.156. The molecular weight excluding hydrogens is 193 g/mol. The van der Waals surface area contributed by atoms with Crippen LogP contribution in [0.15, 0.2) is 12.4 Å². The molecule has 1 fully saturated rings. The van der Waals surface area contributed by atoms with Gasteiger partial charge in [0.1, 0.15) is 11.5 Å². The summed E-state index contributed by atoms with van der Waals surface area (Å²) in [6, 6.07) is 0.0522. The van der Waals surface area contributed by atoms with E-state index >= 15 is 0 Å². The Hall–Kier alpha value is -0.900. The Balaban J connectivity index is 1.91. The van der Waals surface area contributed by atoms with E-state index in [4.69, 9.17) is 5.73 Å². The van der Waals surface area contributed by atoms with E-state index in [-0.39, 0.29) is 6.04 Å². The maximum absolute atomic E-state index is 14.2. The topological polar surface area (TPSA) is 43.8 Å². The molecule has 2 rings (SSSR count). The molecule has 0 bridgehead atoms. The number of hydrogen-bond acceptors (Lipinski definition) is 2. The first-order chi connectivity index (χ1) is 7.09. The van der Waals surface area contributed by atoms with Crippen molar-refractivity contribution < 1.29 is 4.39 Å². The van der Waals surface area contributed by atoms with Crippen LogP contribution in [0.4, 0.5) is 4.39 Å². The van der Waals surface area contributed by atoms with Gasteiger partial charge in [-0.15, -0.1) is 0 Å². The Morgan fingerprint density at radius 1 is 1.73 bits per heavy atom.